The first kappa shape index (κ1) is 15.6. The number of nitrogens with one attached hydrogen (secondary N) is 2. The molecule has 0 bridgehead atoms. The first-order valence-electron chi connectivity index (χ1n) is 6.48. The largest absolute Gasteiger partial charge is 0.348 e. The number of hydrogen-bond donors (Lipinski definition) is 2. The standard InChI is InChI=1S/C13H21N3O2S/c1-5-9(4)14-12(18)10-7-19-13(15-10)16-11(17)6-8(2)3/h7-9H,5-6H2,1-4H3,(H,14,18)(H,15,16,17)/t9-/m0/s1. The minimum atomic E-state index is -0.199. The predicted molar refractivity (Wildman–Crippen MR) is 77.4 cm³/mol. The quantitative estimate of drug-likeness (QED) is 0.843. The summed E-state index contributed by atoms with van der Waals surface area (Å²) in [6, 6.07) is 0.119. The van der Waals surface area contributed by atoms with Crippen LogP contribution in [0, 0.1) is 5.92 Å². The molecule has 6 heteroatoms. The van der Waals surface area contributed by atoms with E-state index < -0.39 is 0 Å². The fraction of sp³-hybridized carbons (Fsp3) is 0.615. The van der Waals surface area contributed by atoms with Gasteiger partial charge < -0.3 is 10.6 Å². The van der Waals surface area contributed by atoms with E-state index in [2.05, 4.69) is 15.6 Å². The lowest BCUT2D eigenvalue weighted by molar-refractivity contribution is -0.116. The van der Waals surface area contributed by atoms with E-state index in [1.165, 1.54) is 11.3 Å². The fourth-order valence-electron chi connectivity index (χ4n) is 1.38. The van der Waals surface area contributed by atoms with Crippen molar-refractivity contribution >= 4 is 28.3 Å². The molecule has 2 N–H and O–H groups in total. The van der Waals surface area contributed by atoms with Crippen molar-refractivity contribution in [2.45, 2.75) is 46.6 Å². The van der Waals surface area contributed by atoms with Crippen LogP contribution in [0.3, 0.4) is 0 Å². The summed E-state index contributed by atoms with van der Waals surface area (Å²) in [7, 11) is 0. The molecule has 0 aromatic carbocycles. The molecular weight excluding hydrogens is 262 g/mol. The summed E-state index contributed by atoms with van der Waals surface area (Å²) in [6.45, 7) is 7.90. The van der Waals surface area contributed by atoms with Crippen molar-refractivity contribution in [1.82, 2.24) is 10.3 Å². The van der Waals surface area contributed by atoms with Gasteiger partial charge in [-0.15, -0.1) is 11.3 Å². The van der Waals surface area contributed by atoms with Crippen molar-refractivity contribution in [3.05, 3.63) is 11.1 Å². The van der Waals surface area contributed by atoms with Gasteiger partial charge in [0.25, 0.3) is 5.91 Å². The summed E-state index contributed by atoms with van der Waals surface area (Å²) in [5.41, 5.74) is 0.352. The second-order valence-electron chi connectivity index (χ2n) is 4.97. The van der Waals surface area contributed by atoms with Gasteiger partial charge in [-0.2, -0.15) is 0 Å². The number of thiazole rings is 1. The molecule has 0 aliphatic heterocycles. The van der Waals surface area contributed by atoms with Gasteiger partial charge in [0.15, 0.2) is 5.13 Å². The number of anilines is 1. The maximum Gasteiger partial charge on any atom is 0.271 e. The monoisotopic (exact) mass is 283 g/mol. The van der Waals surface area contributed by atoms with Crippen LogP contribution >= 0.6 is 11.3 Å². The third kappa shape index (κ3) is 5.38. The molecule has 1 aromatic rings. The molecule has 0 spiro atoms. The molecule has 0 saturated heterocycles. The summed E-state index contributed by atoms with van der Waals surface area (Å²) in [6.07, 6.45) is 1.32. The molecule has 0 aliphatic rings. The van der Waals surface area contributed by atoms with Crippen molar-refractivity contribution in [3.63, 3.8) is 0 Å². The Morgan fingerprint density at radius 2 is 2.05 bits per heavy atom. The highest BCUT2D eigenvalue weighted by molar-refractivity contribution is 7.14. The van der Waals surface area contributed by atoms with Crippen molar-refractivity contribution < 1.29 is 9.59 Å². The van der Waals surface area contributed by atoms with Gasteiger partial charge in [-0.1, -0.05) is 20.8 Å². The minimum absolute atomic E-state index is 0.0711. The summed E-state index contributed by atoms with van der Waals surface area (Å²) in [5, 5.41) is 7.67. The summed E-state index contributed by atoms with van der Waals surface area (Å²) in [5.74, 6) is 0.0290. The molecule has 0 saturated carbocycles. The maximum absolute atomic E-state index is 11.8. The zero-order chi connectivity index (χ0) is 14.4. The van der Waals surface area contributed by atoms with Crippen LogP contribution in [0.4, 0.5) is 5.13 Å². The summed E-state index contributed by atoms with van der Waals surface area (Å²) >= 11 is 1.26. The number of carbonyl (C=O) groups is 2. The fourth-order valence-corrected chi connectivity index (χ4v) is 2.08. The minimum Gasteiger partial charge on any atom is -0.348 e. The highest BCUT2D eigenvalue weighted by Gasteiger charge is 2.14. The summed E-state index contributed by atoms with van der Waals surface area (Å²) in [4.78, 5) is 27.5. The van der Waals surface area contributed by atoms with Crippen molar-refractivity contribution in [1.29, 1.82) is 0 Å². The van der Waals surface area contributed by atoms with Crippen LogP contribution in [0.1, 0.15) is 51.0 Å². The molecule has 1 atom stereocenters. The third-order valence-electron chi connectivity index (χ3n) is 2.57. The lowest BCUT2D eigenvalue weighted by Gasteiger charge is -2.09. The van der Waals surface area contributed by atoms with Gasteiger partial charge in [-0.25, -0.2) is 4.98 Å². The Kier molecular flexibility index (Phi) is 5.95. The third-order valence-corrected chi connectivity index (χ3v) is 3.32. The molecule has 1 rings (SSSR count). The lowest BCUT2D eigenvalue weighted by atomic mass is 10.1. The van der Waals surface area contributed by atoms with Gasteiger partial charge in [-0.3, -0.25) is 9.59 Å². The molecular formula is C13H21N3O2S. The molecule has 5 nitrogen and oxygen atoms in total. The molecule has 0 radical (unpaired) electrons. The molecule has 0 unspecified atom stereocenters. The smallest absolute Gasteiger partial charge is 0.271 e. The highest BCUT2D eigenvalue weighted by atomic mass is 32.1. The van der Waals surface area contributed by atoms with Crippen LogP contribution in [-0.4, -0.2) is 22.8 Å². The SMILES string of the molecule is CC[C@H](C)NC(=O)c1csc(NC(=O)CC(C)C)n1. The van der Waals surface area contributed by atoms with Gasteiger partial charge in [0.2, 0.25) is 5.91 Å². The molecule has 106 valence electrons. The number of aromatic nitrogens is 1. The van der Waals surface area contributed by atoms with Crippen LogP contribution in [0.25, 0.3) is 0 Å². The van der Waals surface area contributed by atoms with E-state index in [1.54, 1.807) is 5.38 Å². The van der Waals surface area contributed by atoms with Crippen molar-refractivity contribution in [2.24, 2.45) is 5.92 Å². The van der Waals surface area contributed by atoms with E-state index in [-0.39, 0.29) is 17.9 Å². The molecule has 19 heavy (non-hydrogen) atoms. The first-order valence-corrected chi connectivity index (χ1v) is 7.36. The Hall–Kier alpha value is -1.43. The van der Waals surface area contributed by atoms with E-state index in [0.29, 0.717) is 23.2 Å². The van der Waals surface area contributed by atoms with E-state index in [1.807, 2.05) is 27.7 Å². The van der Waals surface area contributed by atoms with Crippen molar-refractivity contribution in [3.8, 4) is 0 Å². The first-order chi connectivity index (χ1) is 8.92. The average molecular weight is 283 g/mol. The van der Waals surface area contributed by atoms with E-state index >= 15 is 0 Å². The number of amides is 2. The Bertz CT molecular complexity index is 443. The number of nitrogens with zero attached hydrogens (tertiary/aromatic N) is 1. The van der Waals surface area contributed by atoms with Gasteiger partial charge >= 0.3 is 0 Å². The molecule has 0 fully saturated rings. The Morgan fingerprint density at radius 1 is 1.37 bits per heavy atom. The van der Waals surface area contributed by atoms with Crippen LogP contribution in [0.2, 0.25) is 0 Å². The zero-order valence-corrected chi connectivity index (χ0v) is 12.6. The topological polar surface area (TPSA) is 71.1 Å². The van der Waals surface area contributed by atoms with E-state index in [0.717, 1.165) is 6.42 Å². The van der Waals surface area contributed by atoms with Gasteiger partial charge in [0.1, 0.15) is 5.69 Å². The zero-order valence-electron chi connectivity index (χ0n) is 11.8. The molecule has 0 aliphatic carbocycles. The second kappa shape index (κ2) is 7.23. The number of carbonyl (C=O) groups excluding carboxylic acids is 2. The predicted octanol–water partition coefficient (Wildman–Crippen LogP) is 2.66. The van der Waals surface area contributed by atoms with Crippen molar-refractivity contribution in [2.75, 3.05) is 5.32 Å². The Labute approximate surface area is 117 Å². The number of hydrogen-bond acceptors (Lipinski definition) is 4. The van der Waals surface area contributed by atoms with E-state index in [9.17, 15) is 9.59 Å². The molecule has 1 heterocycles. The maximum atomic E-state index is 11.8. The number of rotatable bonds is 6. The Balaban J connectivity index is 2.57. The average Bonchev–Trinajstić information content (AvgIpc) is 2.76. The summed E-state index contributed by atoms with van der Waals surface area (Å²) < 4.78 is 0. The second-order valence-corrected chi connectivity index (χ2v) is 5.82. The highest BCUT2D eigenvalue weighted by Crippen LogP contribution is 2.16. The van der Waals surface area contributed by atoms with Gasteiger partial charge in [0, 0.05) is 17.8 Å². The normalized spacial score (nSPS) is 12.3. The van der Waals surface area contributed by atoms with Gasteiger partial charge in [-0.05, 0) is 19.3 Å². The van der Waals surface area contributed by atoms with E-state index in [4.69, 9.17) is 0 Å². The lowest BCUT2D eigenvalue weighted by Crippen LogP contribution is -2.32. The van der Waals surface area contributed by atoms with Crippen LogP contribution in [0.15, 0.2) is 5.38 Å². The Morgan fingerprint density at radius 3 is 2.63 bits per heavy atom. The molecule has 2 amide bonds. The van der Waals surface area contributed by atoms with Gasteiger partial charge in [0.05, 0.1) is 0 Å². The van der Waals surface area contributed by atoms with Crippen LogP contribution in [0.5, 0.6) is 0 Å². The van der Waals surface area contributed by atoms with Crippen LogP contribution in [-0.2, 0) is 4.79 Å². The van der Waals surface area contributed by atoms with Crippen LogP contribution < -0.4 is 10.6 Å². The molecule has 1 aromatic heterocycles.